The lowest BCUT2D eigenvalue weighted by atomic mass is 9.93. The van der Waals surface area contributed by atoms with Gasteiger partial charge in [0.05, 0.1) is 12.3 Å². The molecule has 0 aliphatic carbocycles. The van der Waals surface area contributed by atoms with Gasteiger partial charge in [0.15, 0.2) is 5.69 Å². The summed E-state index contributed by atoms with van der Waals surface area (Å²) in [7, 11) is 0. The molecule has 0 saturated carbocycles. The first-order valence-corrected chi connectivity index (χ1v) is 10.6. The molecular formula is C19H27F3IN3O. The Morgan fingerprint density at radius 2 is 2.04 bits per heavy atom. The van der Waals surface area contributed by atoms with Crippen LogP contribution < -0.4 is 4.90 Å². The molecular weight excluding hydrogens is 470 g/mol. The number of nitrogens with zero attached hydrogens (tertiary/aromatic N) is 3. The van der Waals surface area contributed by atoms with E-state index in [1.807, 2.05) is 27.9 Å². The molecule has 0 spiro atoms. The van der Waals surface area contributed by atoms with Crippen molar-refractivity contribution in [2.75, 3.05) is 37.7 Å². The number of hydrogen-bond donors (Lipinski definition) is 0. The van der Waals surface area contributed by atoms with Gasteiger partial charge in [0, 0.05) is 31.9 Å². The summed E-state index contributed by atoms with van der Waals surface area (Å²) in [6.45, 7) is 4.13. The molecule has 0 radical (unpaired) electrons. The van der Waals surface area contributed by atoms with Crippen LogP contribution in [0.5, 0.6) is 0 Å². The van der Waals surface area contributed by atoms with Crippen LogP contribution in [0.25, 0.3) is 0 Å². The highest BCUT2D eigenvalue weighted by atomic mass is 127. The zero-order chi connectivity index (χ0) is 19.3. The summed E-state index contributed by atoms with van der Waals surface area (Å²) in [6.07, 6.45) is 3.48. The fourth-order valence-electron chi connectivity index (χ4n) is 4.44. The Morgan fingerprint density at radius 3 is 2.81 bits per heavy atom. The molecule has 2 atom stereocenters. The van der Waals surface area contributed by atoms with E-state index in [2.05, 4.69) is 9.88 Å². The minimum atomic E-state index is -4.42. The van der Waals surface area contributed by atoms with Crippen molar-refractivity contribution in [2.45, 2.75) is 50.7 Å². The van der Waals surface area contributed by atoms with Crippen LogP contribution in [0.3, 0.4) is 0 Å². The maximum absolute atomic E-state index is 13.3. The maximum atomic E-state index is 13.3. The highest BCUT2D eigenvalue weighted by Crippen LogP contribution is 2.36. The van der Waals surface area contributed by atoms with E-state index >= 15 is 0 Å². The Balaban J connectivity index is 1.66. The van der Waals surface area contributed by atoms with Crippen molar-refractivity contribution in [2.24, 2.45) is 5.92 Å². The Morgan fingerprint density at radius 1 is 1.19 bits per heavy atom. The van der Waals surface area contributed by atoms with E-state index in [-0.39, 0.29) is 5.69 Å². The molecule has 2 aliphatic heterocycles. The number of halogens is 4. The molecule has 2 saturated heterocycles. The van der Waals surface area contributed by atoms with Crippen molar-refractivity contribution >= 4 is 28.7 Å². The molecule has 3 rings (SSSR count). The number of rotatable bonds is 6. The van der Waals surface area contributed by atoms with Crippen LogP contribution in [0.15, 0.2) is 18.3 Å². The quantitative estimate of drug-likeness (QED) is 0.522. The highest BCUT2D eigenvalue weighted by Gasteiger charge is 2.37. The standard InChI is InChI=1S/C19H27F3IN3O/c20-19(21,22)18-17(7-3-9-24-18)26-11-4-5-15(14-26)13-25-10-2-1-6-16(25)8-12-27-23/h3,7,9,15-16H,1-2,4-6,8,10-14H2/t15-,16+/m1/s1. The summed E-state index contributed by atoms with van der Waals surface area (Å²) >= 11 is 1.94. The largest absolute Gasteiger partial charge is 0.435 e. The highest BCUT2D eigenvalue weighted by molar-refractivity contribution is 14.1. The predicted octanol–water partition coefficient (Wildman–Crippen LogP) is 4.93. The lowest BCUT2D eigenvalue weighted by Crippen LogP contribution is -2.47. The fourth-order valence-corrected chi connectivity index (χ4v) is 4.70. The van der Waals surface area contributed by atoms with E-state index in [4.69, 9.17) is 3.07 Å². The minimum Gasteiger partial charge on any atom is -0.369 e. The summed E-state index contributed by atoms with van der Waals surface area (Å²) in [4.78, 5) is 8.05. The minimum absolute atomic E-state index is 0.225. The van der Waals surface area contributed by atoms with Crippen LogP contribution in [0, 0.1) is 5.92 Å². The van der Waals surface area contributed by atoms with Crippen molar-refractivity contribution in [3.05, 3.63) is 24.0 Å². The average molecular weight is 497 g/mol. The molecule has 1 aromatic heterocycles. The molecule has 8 heteroatoms. The monoisotopic (exact) mass is 497 g/mol. The molecule has 0 amide bonds. The predicted molar refractivity (Wildman–Crippen MR) is 108 cm³/mol. The van der Waals surface area contributed by atoms with Gasteiger partial charge < -0.3 is 7.97 Å². The van der Waals surface area contributed by atoms with E-state index in [1.165, 1.54) is 25.5 Å². The van der Waals surface area contributed by atoms with Gasteiger partial charge in [-0.1, -0.05) is 6.42 Å². The number of alkyl halides is 3. The number of anilines is 1. The van der Waals surface area contributed by atoms with Crippen molar-refractivity contribution in [1.82, 2.24) is 9.88 Å². The van der Waals surface area contributed by atoms with Gasteiger partial charge in [0.2, 0.25) is 0 Å². The van der Waals surface area contributed by atoms with Crippen molar-refractivity contribution in [1.29, 1.82) is 0 Å². The molecule has 1 aromatic rings. The first kappa shape index (κ1) is 21.1. The first-order valence-electron chi connectivity index (χ1n) is 9.74. The zero-order valence-electron chi connectivity index (χ0n) is 15.4. The van der Waals surface area contributed by atoms with Crippen molar-refractivity contribution < 1.29 is 16.2 Å². The number of hydrogen-bond acceptors (Lipinski definition) is 4. The van der Waals surface area contributed by atoms with Gasteiger partial charge in [-0.25, -0.2) is 4.98 Å². The molecule has 0 N–H and O–H groups in total. The Bertz CT molecular complexity index is 602. The molecule has 0 bridgehead atoms. The smallest absolute Gasteiger partial charge is 0.369 e. The maximum Gasteiger partial charge on any atom is 0.435 e. The number of pyridine rings is 1. The van der Waals surface area contributed by atoms with Gasteiger partial charge in [-0.3, -0.25) is 4.90 Å². The zero-order valence-corrected chi connectivity index (χ0v) is 17.6. The molecule has 3 heterocycles. The van der Waals surface area contributed by atoms with Gasteiger partial charge >= 0.3 is 6.18 Å². The van der Waals surface area contributed by atoms with Crippen LogP contribution in [-0.2, 0) is 9.24 Å². The third-order valence-corrected chi connectivity index (χ3v) is 6.13. The van der Waals surface area contributed by atoms with Crippen LogP contribution in [0.4, 0.5) is 18.9 Å². The van der Waals surface area contributed by atoms with Crippen LogP contribution in [-0.4, -0.2) is 48.7 Å². The van der Waals surface area contributed by atoms with Gasteiger partial charge in [0.25, 0.3) is 0 Å². The van der Waals surface area contributed by atoms with Gasteiger partial charge in [-0.05, 0) is 56.7 Å². The molecule has 27 heavy (non-hydrogen) atoms. The van der Waals surface area contributed by atoms with Crippen molar-refractivity contribution in [3.63, 3.8) is 0 Å². The molecule has 152 valence electrons. The first-order chi connectivity index (χ1) is 13.0. The van der Waals surface area contributed by atoms with E-state index in [9.17, 15) is 13.2 Å². The molecule has 2 fully saturated rings. The third kappa shape index (κ3) is 5.69. The Hall–Kier alpha value is -0.610. The van der Waals surface area contributed by atoms with E-state index < -0.39 is 11.9 Å². The van der Waals surface area contributed by atoms with E-state index in [0.29, 0.717) is 25.0 Å². The van der Waals surface area contributed by atoms with Crippen LogP contribution in [0.2, 0.25) is 0 Å². The second-order valence-electron chi connectivity index (χ2n) is 7.57. The second kappa shape index (κ2) is 9.73. The lowest BCUT2D eigenvalue weighted by Gasteiger charge is -2.41. The molecule has 4 nitrogen and oxygen atoms in total. The van der Waals surface area contributed by atoms with Gasteiger partial charge in [-0.2, -0.15) is 13.2 Å². The second-order valence-corrected chi connectivity index (χ2v) is 8.19. The summed E-state index contributed by atoms with van der Waals surface area (Å²) in [5.41, 5.74) is -0.538. The number of aromatic nitrogens is 1. The summed E-state index contributed by atoms with van der Waals surface area (Å²) in [5, 5.41) is 0. The molecule has 2 aliphatic rings. The van der Waals surface area contributed by atoms with E-state index in [0.717, 1.165) is 39.0 Å². The van der Waals surface area contributed by atoms with Crippen molar-refractivity contribution in [3.8, 4) is 0 Å². The van der Waals surface area contributed by atoms with Crippen LogP contribution >= 0.6 is 23.0 Å². The molecule has 0 aromatic carbocycles. The molecule has 0 unspecified atom stereocenters. The van der Waals surface area contributed by atoms with Gasteiger partial charge in [0.1, 0.15) is 23.0 Å². The van der Waals surface area contributed by atoms with E-state index in [1.54, 1.807) is 12.1 Å². The normalized spacial score (nSPS) is 25.0. The SMILES string of the molecule is FC(F)(F)c1ncccc1N1CCC[C@H](CN2CCCC[C@H]2CCOI)C1. The fraction of sp³-hybridized carbons (Fsp3) is 0.737. The summed E-state index contributed by atoms with van der Waals surface area (Å²) in [5.74, 6) is 0.390. The van der Waals surface area contributed by atoms with Gasteiger partial charge in [-0.15, -0.1) is 0 Å². The average Bonchev–Trinajstić information content (AvgIpc) is 2.67. The summed E-state index contributed by atoms with van der Waals surface area (Å²) < 4.78 is 45.2. The lowest BCUT2D eigenvalue weighted by molar-refractivity contribution is -0.140. The number of likely N-dealkylation sites (tertiary alicyclic amines) is 1. The Kier molecular flexibility index (Phi) is 7.61. The Labute approximate surface area is 173 Å². The summed E-state index contributed by atoms with van der Waals surface area (Å²) in [6, 6.07) is 3.69. The topological polar surface area (TPSA) is 28.6 Å². The van der Waals surface area contributed by atoms with Crippen LogP contribution in [0.1, 0.15) is 44.2 Å². The number of piperidine rings is 2. The third-order valence-electron chi connectivity index (χ3n) is 5.68.